The van der Waals surface area contributed by atoms with Crippen LogP contribution in [0.4, 0.5) is 0 Å². The lowest BCUT2D eigenvalue weighted by Gasteiger charge is -2.16. The summed E-state index contributed by atoms with van der Waals surface area (Å²) in [7, 11) is 1.63. The first kappa shape index (κ1) is 16.0. The highest BCUT2D eigenvalue weighted by Crippen LogP contribution is 2.43. The second-order valence-corrected chi connectivity index (χ2v) is 6.83. The number of fused-ring (bicyclic) bond motifs is 1. The summed E-state index contributed by atoms with van der Waals surface area (Å²) in [6.45, 7) is 0. The fraction of sp³-hybridized carbons (Fsp3) is 0.250. The molecular weight excluding hydrogens is 342 g/mol. The van der Waals surface area contributed by atoms with Crippen LogP contribution in [0.15, 0.2) is 55.1 Å². The molecule has 5 rings (SSSR count). The fourth-order valence-electron chi connectivity index (χ4n) is 3.46. The molecule has 0 radical (unpaired) electrons. The van der Waals surface area contributed by atoms with Crippen molar-refractivity contribution in [1.82, 2.24) is 24.4 Å². The van der Waals surface area contributed by atoms with Crippen molar-refractivity contribution in [2.75, 3.05) is 7.11 Å². The highest BCUT2D eigenvalue weighted by Gasteiger charge is 2.31. The van der Waals surface area contributed by atoms with Crippen molar-refractivity contribution in [3.05, 3.63) is 72.1 Å². The summed E-state index contributed by atoms with van der Waals surface area (Å²) in [6, 6.07) is 11.7. The summed E-state index contributed by atoms with van der Waals surface area (Å²) in [6.07, 6.45) is 6.73. The lowest BCUT2D eigenvalue weighted by Crippen LogP contribution is -2.10. The van der Waals surface area contributed by atoms with Crippen molar-refractivity contribution in [3.63, 3.8) is 0 Å². The van der Waals surface area contributed by atoms with Gasteiger partial charge < -0.3 is 9.84 Å². The maximum absolute atomic E-state index is 11.1. The predicted octanol–water partition coefficient (Wildman–Crippen LogP) is 2.88. The topological polar surface area (TPSA) is 77.5 Å². The number of rotatable bonds is 5. The maximum Gasteiger partial charge on any atom is 0.140 e. The molecule has 27 heavy (non-hydrogen) atoms. The second-order valence-electron chi connectivity index (χ2n) is 6.83. The number of ether oxygens (including phenoxy) is 1. The minimum atomic E-state index is -0.870. The Hall–Kier alpha value is -3.19. The third-order valence-corrected chi connectivity index (χ3v) is 5.06. The summed E-state index contributed by atoms with van der Waals surface area (Å²) < 4.78 is 8.79. The molecule has 7 heteroatoms. The molecule has 1 fully saturated rings. The van der Waals surface area contributed by atoms with Gasteiger partial charge in [-0.05, 0) is 54.7 Å². The van der Waals surface area contributed by atoms with Gasteiger partial charge in [-0.2, -0.15) is 0 Å². The number of aromatic nitrogens is 5. The summed E-state index contributed by atoms with van der Waals surface area (Å²) in [4.78, 5) is 4.23. The molecule has 3 aromatic heterocycles. The Bertz CT molecular complexity index is 1100. The highest BCUT2D eigenvalue weighted by molar-refractivity contribution is 5.51. The lowest BCUT2D eigenvalue weighted by atomic mass is 10.0. The number of hydrogen-bond donors (Lipinski definition) is 1. The summed E-state index contributed by atoms with van der Waals surface area (Å²) in [5, 5.41) is 19.5. The van der Waals surface area contributed by atoms with E-state index in [1.54, 1.807) is 30.5 Å². The van der Waals surface area contributed by atoms with E-state index in [0.717, 1.165) is 41.1 Å². The van der Waals surface area contributed by atoms with E-state index in [9.17, 15) is 5.11 Å². The zero-order valence-corrected chi connectivity index (χ0v) is 14.9. The molecule has 4 aromatic rings. The average molecular weight is 361 g/mol. The van der Waals surface area contributed by atoms with E-state index in [1.807, 2.05) is 34.7 Å². The van der Waals surface area contributed by atoms with Gasteiger partial charge in [-0.3, -0.25) is 4.40 Å². The molecule has 0 aliphatic heterocycles. The zero-order chi connectivity index (χ0) is 18.4. The van der Waals surface area contributed by atoms with Gasteiger partial charge in [-0.25, -0.2) is 9.67 Å². The third-order valence-electron chi connectivity index (χ3n) is 5.06. The molecule has 1 N–H and O–H groups in total. The van der Waals surface area contributed by atoms with Crippen LogP contribution in [-0.2, 0) is 0 Å². The van der Waals surface area contributed by atoms with E-state index in [4.69, 9.17) is 4.74 Å². The van der Waals surface area contributed by atoms with E-state index in [1.165, 1.54) is 0 Å². The van der Waals surface area contributed by atoms with Crippen LogP contribution in [0.25, 0.3) is 11.2 Å². The molecule has 1 aromatic carbocycles. The van der Waals surface area contributed by atoms with Crippen molar-refractivity contribution >= 4 is 5.52 Å². The SMILES string of the molecule is COc1ccc(-n2cc([C@H](O)c3c(C4CC4)ccc4cncn34)nn2)cc1. The van der Waals surface area contributed by atoms with E-state index < -0.39 is 6.10 Å². The van der Waals surface area contributed by atoms with Gasteiger partial charge >= 0.3 is 0 Å². The fourth-order valence-corrected chi connectivity index (χ4v) is 3.46. The van der Waals surface area contributed by atoms with Crippen LogP contribution in [0.2, 0.25) is 0 Å². The Labute approximate surface area is 155 Å². The van der Waals surface area contributed by atoms with Gasteiger partial charge in [0.15, 0.2) is 0 Å². The summed E-state index contributed by atoms with van der Waals surface area (Å²) in [5.74, 6) is 1.28. The molecule has 1 atom stereocenters. The number of hydrogen-bond acceptors (Lipinski definition) is 5. The summed E-state index contributed by atoms with van der Waals surface area (Å²) >= 11 is 0. The molecule has 0 spiro atoms. The predicted molar refractivity (Wildman–Crippen MR) is 99.1 cm³/mol. The second kappa shape index (κ2) is 6.21. The monoisotopic (exact) mass is 361 g/mol. The minimum absolute atomic E-state index is 0.498. The third kappa shape index (κ3) is 2.76. The standard InChI is InChI=1S/C20H19N5O2/c1-27-16-7-4-14(5-8-16)25-11-18(22-23-25)20(26)19-17(13-2-3-13)9-6-15-10-21-12-24(15)19/h4-13,20,26H,2-3H2,1H3/t20-/m0/s1. The number of aliphatic hydroxyl groups is 1. The van der Waals surface area contributed by atoms with Crippen LogP contribution >= 0.6 is 0 Å². The maximum atomic E-state index is 11.1. The van der Waals surface area contributed by atoms with Crippen molar-refractivity contribution in [3.8, 4) is 11.4 Å². The minimum Gasteiger partial charge on any atom is -0.497 e. The lowest BCUT2D eigenvalue weighted by molar-refractivity contribution is 0.207. The molecule has 1 aliphatic rings. The van der Waals surface area contributed by atoms with E-state index >= 15 is 0 Å². The molecule has 0 bridgehead atoms. The Kier molecular flexibility index (Phi) is 3.68. The molecule has 0 amide bonds. The van der Waals surface area contributed by atoms with Gasteiger partial charge in [0.2, 0.25) is 0 Å². The molecular formula is C20H19N5O2. The Morgan fingerprint density at radius 2 is 1.96 bits per heavy atom. The Morgan fingerprint density at radius 1 is 1.15 bits per heavy atom. The number of benzene rings is 1. The molecule has 1 saturated carbocycles. The first-order valence-electron chi connectivity index (χ1n) is 8.94. The quantitative estimate of drug-likeness (QED) is 0.591. The van der Waals surface area contributed by atoms with E-state index in [0.29, 0.717) is 11.6 Å². The normalized spacial score (nSPS) is 15.2. The van der Waals surface area contributed by atoms with E-state index in [-0.39, 0.29) is 0 Å². The first-order valence-corrected chi connectivity index (χ1v) is 8.94. The number of imidazole rings is 1. The number of aliphatic hydroxyl groups excluding tert-OH is 1. The number of pyridine rings is 1. The molecule has 136 valence electrons. The Morgan fingerprint density at radius 3 is 2.70 bits per heavy atom. The van der Waals surface area contributed by atoms with Crippen LogP contribution in [0.1, 0.15) is 41.8 Å². The molecule has 0 saturated heterocycles. The first-order chi connectivity index (χ1) is 13.2. The summed E-state index contributed by atoms with van der Waals surface area (Å²) in [5.41, 5.74) is 4.30. The largest absolute Gasteiger partial charge is 0.497 e. The van der Waals surface area contributed by atoms with Gasteiger partial charge in [0.05, 0.1) is 42.7 Å². The van der Waals surface area contributed by atoms with Gasteiger partial charge in [0.25, 0.3) is 0 Å². The van der Waals surface area contributed by atoms with Gasteiger partial charge in [0.1, 0.15) is 17.5 Å². The molecule has 0 unspecified atom stereocenters. The smallest absolute Gasteiger partial charge is 0.140 e. The van der Waals surface area contributed by atoms with Crippen LogP contribution in [0.5, 0.6) is 5.75 Å². The van der Waals surface area contributed by atoms with E-state index in [2.05, 4.69) is 21.4 Å². The van der Waals surface area contributed by atoms with Gasteiger partial charge in [-0.15, -0.1) is 5.10 Å². The van der Waals surface area contributed by atoms with Crippen molar-refractivity contribution in [2.24, 2.45) is 0 Å². The van der Waals surface area contributed by atoms with Gasteiger partial charge in [0, 0.05) is 0 Å². The number of nitrogens with zero attached hydrogens (tertiary/aromatic N) is 5. The molecule has 1 aliphatic carbocycles. The van der Waals surface area contributed by atoms with Crippen LogP contribution in [0, 0.1) is 0 Å². The molecule has 3 heterocycles. The zero-order valence-electron chi connectivity index (χ0n) is 14.9. The van der Waals surface area contributed by atoms with Crippen molar-refractivity contribution in [1.29, 1.82) is 0 Å². The number of methoxy groups -OCH3 is 1. The highest BCUT2D eigenvalue weighted by atomic mass is 16.5. The van der Waals surface area contributed by atoms with Crippen molar-refractivity contribution < 1.29 is 9.84 Å². The average Bonchev–Trinajstić information content (AvgIpc) is 3.24. The van der Waals surface area contributed by atoms with Crippen LogP contribution in [-0.4, -0.2) is 36.6 Å². The molecule has 7 nitrogen and oxygen atoms in total. The van der Waals surface area contributed by atoms with Gasteiger partial charge in [-0.1, -0.05) is 11.3 Å². The van der Waals surface area contributed by atoms with Crippen LogP contribution < -0.4 is 4.74 Å². The van der Waals surface area contributed by atoms with Crippen LogP contribution in [0.3, 0.4) is 0 Å². The Balaban J connectivity index is 1.54. The van der Waals surface area contributed by atoms with Crippen molar-refractivity contribution in [2.45, 2.75) is 24.9 Å².